The van der Waals surface area contributed by atoms with Crippen LogP contribution in [0.1, 0.15) is 28.7 Å². The number of esters is 1. The first-order valence-electron chi connectivity index (χ1n) is 9.26. The number of fused-ring (bicyclic) bond motifs is 3. The Bertz CT molecular complexity index is 975. The van der Waals surface area contributed by atoms with Gasteiger partial charge in [0.1, 0.15) is 0 Å². The number of methoxy groups -OCH3 is 2. The highest BCUT2D eigenvalue weighted by atomic mass is 16.7. The first kappa shape index (κ1) is 17.9. The van der Waals surface area contributed by atoms with E-state index in [0.717, 1.165) is 5.56 Å². The molecule has 0 saturated carbocycles. The third-order valence-corrected chi connectivity index (χ3v) is 6.01. The maximum atomic E-state index is 12.7. The fourth-order valence-corrected chi connectivity index (χ4v) is 4.63. The molecule has 8 nitrogen and oxygen atoms in total. The number of rotatable bonds is 3. The minimum atomic E-state index is -0.867. The average Bonchev–Trinajstić information content (AvgIpc) is 3.34. The molecule has 1 aliphatic carbocycles. The lowest BCUT2D eigenvalue weighted by molar-refractivity contribution is -0.141. The Morgan fingerprint density at radius 1 is 0.966 bits per heavy atom. The second kappa shape index (κ2) is 6.45. The molecular weight excluding hydrogens is 380 g/mol. The lowest BCUT2D eigenvalue weighted by Crippen LogP contribution is -2.34. The summed E-state index contributed by atoms with van der Waals surface area (Å²) in [6, 6.07) is 6.93. The SMILES string of the molecule is COc1cc([C@H]2c3cc4c(cc3[C@H](O)[C@@H]3COC(=O)[C@@H]23)OCO4)cc(OC)c1O. The number of aromatic hydroxyl groups is 1. The first-order valence-corrected chi connectivity index (χ1v) is 9.26. The fourth-order valence-electron chi connectivity index (χ4n) is 4.63. The lowest BCUT2D eigenvalue weighted by Gasteiger charge is -2.37. The molecule has 152 valence electrons. The summed E-state index contributed by atoms with van der Waals surface area (Å²) in [6.07, 6.45) is -0.867. The predicted molar refractivity (Wildman–Crippen MR) is 98.5 cm³/mol. The Morgan fingerprint density at radius 2 is 1.59 bits per heavy atom. The smallest absolute Gasteiger partial charge is 0.310 e. The Kier molecular flexibility index (Phi) is 3.99. The third-order valence-electron chi connectivity index (χ3n) is 6.01. The van der Waals surface area contributed by atoms with Crippen molar-refractivity contribution in [2.75, 3.05) is 27.6 Å². The standard InChI is InChI=1S/C21H20O8/c1-25-15-3-9(4-16(26-2)20(15)23)17-10-5-13-14(29-8-28-13)6-11(10)19(22)12-7-27-21(24)18(12)17/h3-6,12,17-19,22-23H,7-8H2,1-2H3/t12-,17+,18-,19+/m1/s1. The van der Waals surface area contributed by atoms with Crippen LogP contribution in [-0.2, 0) is 9.53 Å². The van der Waals surface area contributed by atoms with Crippen molar-refractivity contribution >= 4 is 5.97 Å². The molecule has 0 amide bonds. The van der Waals surface area contributed by atoms with Gasteiger partial charge in [0.05, 0.1) is 32.8 Å². The topological polar surface area (TPSA) is 104 Å². The number of ether oxygens (including phenoxy) is 5. The highest BCUT2D eigenvalue weighted by Gasteiger charge is 2.52. The van der Waals surface area contributed by atoms with Gasteiger partial charge in [0.15, 0.2) is 23.0 Å². The van der Waals surface area contributed by atoms with Gasteiger partial charge >= 0.3 is 5.97 Å². The zero-order chi connectivity index (χ0) is 20.3. The van der Waals surface area contributed by atoms with Crippen LogP contribution in [0, 0.1) is 11.8 Å². The summed E-state index contributed by atoms with van der Waals surface area (Å²) in [5, 5.41) is 21.3. The van der Waals surface area contributed by atoms with Crippen LogP contribution in [0.25, 0.3) is 0 Å². The van der Waals surface area contributed by atoms with Crippen molar-refractivity contribution in [1.82, 2.24) is 0 Å². The number of carbonyl (C=O) groups excluding carboxylic acids is 1. The summed E-state index contributed by atoms with van der Waals surface area (Å²) in [7, 11) is 2.89. The van der Waals surface area contributed by atoms with Crippen LogP contribution in [0.4, 0.5) is 0 Å². The Balaban J connectivity index is 1.75. The highest BCUT2D eigenvalue weighted by Crippen LogP contribution is 2.55. The Hall–Kier alpha value is -3.13. The summed E-state index contributed by atoms with van der Waals surface area (Å²) < 4.78 is 26.9. The van der Waals surface area contributed by atoms with Crippen molar-refractivity contribution in [2.24, 2.45) is 11.8 Å². The van der Waals surface area contributed by atoms with E-state index in [4.69, 9.17) is 23.7 Å². The van der Waals surface area contributed by atoms with Crippen LogP contribution in [-0.4, -0.2) is 43.8 Å². The summed E-state index contributed by atoms with van der Waals surface area (Å²) in [6.45, 7) is 0.246. The molecule has 4 atom stereocenters. The van der Waals surface area contributed by atoms with E-state index in [9.17, 15) is 15.0 Å². The van der Waals surface area contributed by atoms with Crippen molar-refractivity contribution in [1.29, 1.82) is 0 Å². The van der Waals surface area contributed by atoms with E-state index in [1.165, 1.54) is 14.2 Å². The third kappa shape index (κ3) is 2.52. The average molecular weight is 400 g/mol. The largest absolute Gasteiger partial charge is 0.502 e. The van der Waals surface area contributed by atoms with Gasteiger partial charge in [0.2, 0.25) is 12.5 Å². The molecule has 0 unspecified atom stereocenters. The molecule has 0 radical (unpaired) electrons. The van der Waals surface area contributed by atoms with E-state index in [1.54, 1.807) is 24.3 Å². The summed E-state index contributed by atoms with van der Waals surface area (Å²) >= 11 is 0. The summed E-state index contributed by atoms with van der Waals surface area (Å²) in [5.74, 6) is -0.324. The highest BCUT2D eigenvalue weighted by molar-refractivity contribution is 5.79. The molecule has 1 fully saturated rings. The summed E-state index contributed by atoms with van der Waals surface area (Å²) in [5.41, 5.74) is 2.12. The van der Waals surface area contributed by atoms with Crippen LogP contribution < -0.4 is 18.9 Å². The van der Waals surface area contributed by atoms with Gasteiger partial charge < -0.3 is 33.9 Å². The van der Waals surface area contributed by atoms with Crippen molar-refractivity contribution in [3.8, 4) is 28.7 Å². The van der Waals surface area contributed by atoms with Crippen LogP contribution >= 0.6 is 0 Å². The molecule has 2 N–H and O–H groups in total. The summed E-state index contributed by atoms with van der Waals surface area (Å²) in [4.78, 5) is 12.7. The number of aliphatic hydroxyl groups excluding tert-OH is 1. The van der Waals surface area contributed by atoms with Crippen molar-refractivity contribution in [3.63, 3.8) is 0 Å². The second-order valence-corrected chi connectivity index (χ2v) is 7.35. The lowest BCUT2D eigenvalue weighted by atomic mass is 9.66. The maximum Gasteiger partial charge on any atom is 0.310 e. The van der Waals surface area contributed by atoms with E-state index >= 15 is 0 Å². The molecule has 2 aromatic rings. The van der Waals surface area contributed by atoms with Crippen molar-refractivity contribution in [3.05, 3.63) is 41.0 Å². The van der Waals surface area contributed by atoms with E-state index in [1.807, 2.05) is 0 Å². The van der Waals surface area contributed by atoms with Gasteiger partial charge in [0.25, 0.3) is 0 Å². The zero-order valence-corrected chi connectivity index (χ0v) is 15.9. The molecule has 8 heteroatoms. The van der Waals surface area contributed by atoms with Crippen molar-refractivity contribution < 1.29 is 38.7 Å². The number of phenolic OH excluding ortho intramolecular Hbond substituents is 1. The quantitative estimate of drug-likeness (QED) is 0.755. The predicted octanol–water partition coefficient (Wildman–Crippen LogP) is 2.11. The van der Waals surface area contributed by atoms with E-state index in [2.05, 4.69) is 0 Å². The van der Waals surface area contributed by atoms with Gasteiger partial charge in [-0.25, -0.2) is 0 Å². The van der Waals surface area contributed by atoms with Gasteiger partial charge in [-0.2, -0.15) is 0 Å². The molecule has 29 heavy (non-hydrogen) atoms. The minimum absolute atomic E-state index is 0.106. The van der Waals surface area contributed by atoms with Gasteiger partial charge in [-0.15, -0.1) is 0 Å². The van der Waals surface area contributed by atoms with Crippen LogP contribution in [0.15, 0.2) is 24.3 Å². The zero-order valence-electron chi connectivity index (χ0n) is 15.9. The molecule has 0 spiro atoms. The van der Waals surface area contributed by atoms with Crippen LogP contribution in [0.3, 0.4) is 0 Å². The van der Waals surface area contributed by atoms with E-state index in [0.29, 0.717) is 22.6 Å². The molecule has 2 heterocycles. The van der Waals surface area contributed by atoms with Gasteiger partial charge in [0, 0.05) is 11.8 Å². The number of cyclic esters (lactones) is 1. The monoisotopic (exact) mass is 400 g/mol. The van der Waals surface area contributed by atoms with E-state index in [-0.39, 0.29) is 36.6 Å². The van der Waals surface area contributed by atoms with Gasteiger partial charge in [-0.05, 0) is 41.0 Å². The Labute approximate surface area is 166 Å². The molecule has 2 aromatic carbocycles. The molecule has 1 saturated heterocycles. The van der Waals surface area contributed by atoms with Crippen molar-refractivity contribution in [2.45, 2.75) is 12.0 Å². The molecular formula is C21H20O8. The van der Waals surface area contributed by atoms with E-state index < -0.39 is 23.9 Å². The fraction of sp³-hybridized carbons (Fsp3) is 0.381. The normalized spacial score (nSPS) is 26.5. The Morgan fingerprint density at radius 3 is 2.21 bits per heavy atom. The van der Waals surface area contributed by atoms with Gasteiger partial charge in [-0.3, -0.25) is 4.79 Å². The molecule has 2 aliphatic heterocycles. The second-order valence-electron chi connectivity index (χ2n) is 7.35. The number of benzene rings is 2. The van der Waals surface area contributed by atoms with Crippen LogP contribution in [0.2, 0.25) is 0 Å². The maximum absolute atomic E-state index is 12.7. The number of aliphatic hydroxyl groups is 1. The molecule has 3 aliphatic rings. The number of carbonyl (C=O) groups is 1. The van der Waals surface area contributed by atoms with Crippen LogP contribution in [0.5, 0.6) is 28.7 Å². The number of hydrogen-bond acceptors (Lipinski definition) is 8. The van der Waals surface area contributed by atoms with Gasteiger partial charge in [-0.1, -0.05) is 0 Å². The minimum Gasteiger partial charge on any atom is -0.502 e. The number of phenols is 1. The molecule has 0 aromatic heterocycles. The molecule has 0 bridgehead atoms. The molecule has 5 rings (SSSR count). The number of hydrogen-bond donors (Lipinski definition) is 2. The first-order chi connectivity index (χ1) is 14.0.